The number of nitrogens with one attached hydrogen (secondary N) is 1. The summed E-state index contributed by atoms with van der Waals surface area (Å²) in [4.78, 5) is 17.0. The number of imidazole rings is 1. The first kappa shape index (κ1) is 20.8. The number of nitrogens with zero attached hydrogens (tertiary/aromatic N) is 2. The van der Waals surface area contributed by atoms with Gasteiger partial charge in [0.25, 0.3) is 5.91 Å². The maximum atomic E-state index is 12.3. The number of amides is 1. The first-order valence-corrected chi connectivity index (χ1v) is 10.2. The summed E-state index contributed by atoms with van der Waals surface area (Å²) in [5, 5.41) is 3.51. The Balaban J connectivity index is 1.48. The van der Waals surface area contributed by atoms with Crippen molar-refractivity contribution >= 4 is 28.5 Å². The molecule has 31 heavy (non-hydrogen) atoms. The predicted octanol–water partition coefficient (Wildman–Crippen LogP) is 4.44. The van der Waals surface area contributed by atoms with E-state index in [1.807, 2.05) is 48.5 Å². The summed E-state index contributed by atoms with van der Waals surface area (Å²) in [5.74, 6) is 1.92. The number of ether oxygens (including phenoxy) is 2. The van der Waals surface area contributed by atoms with Crippen LogP contribution in [0.15, 0.2) is 72.8 Å². The molecule has 0 aliphatic heterocycles. The SMILES string of the molecule is COc1ccccc1Cn1c(CNC(=O)COc2ccc(Cl)cc2)nc2ccccc21. The quantitative estimate of drug-likeness (QED) is 0.444. The zero-order valence-corrected chi connectivity index (χ0v) is 17.8. The molecule has 0 unspecified atom stereocenters. The molecule has 158 valence electrons. The van der Waals surface area contributed by atoms with E-state index in [2.05, 4.69) is 9.88 Å². The van der Waals surface area contributed by atoms with Crippen LogP contribution in [0, 0.1) is 0 Å². The summed E-state index contributed by atoms with van der Waals surface area (Å²) in [7, 11) is 1.66. The maximum absolute atomic E-state index is 12.3. The van der Waals surface area contributed by atoms with E-state index in [0.29, 0.717) is 17.3 Å². The molecule has 4 rings (SSSR count). The number of halogens is 1. The van der Waals surface area contributed by atoms with Crippen molar-refractivity contribution in [2.24, 2.45) is 0 Å². The molecule has 0 spiro atoms. The van der Waals surface area contributed by atoms with Crippen molar-refractivity contribution in [2.45, 2.75) is 13.1 Å². The number of hydrogen-bond donors (Lipinski definition) is 1. The van der Waals surface area contributed by atoms with Gasteiger partial charge < -0.3 is 19.4 Å². The number of hydrogen-bond acceptors (Lipinski definition) is 4. The van der Waals surface area contributed by atoms with Crippen LogP contribution in [0.2, 0.25) is 5.02 Å². The van der Waals surface area contributed by atoms with Crippen LogP contribution in [0.1, 0.15) is 11.4 Å². The molecular formula is C24H22ClN3O3. The van der Waals surface area contributed by atoms with Gasteiger partial charge in [-0.1, -0.05) is 41.9 Å². The number of fused-ring (bicyclic) bond motifs is 1. The van der Waals surface area contributed by atoms with E-state index in [1.165, 1.54) is 0 Å². The molecule has 0 fully saturated rings. The van der Waals surface area contributed by atoms with Gasteiger partial charge in [0.2, 0.25) is 0 Å². The van der Waals surface area contributed by atoms with Gasteiger partial charge in [0, 0.05) is 10.6 Å². The van der Waals surface area contributed by atoms with Gasteiger partial charge in [-0.2, -0.15) is 0 Å². The smallest absolute Gasteiger partial charge is 0.258 e. The fourth-order valence-corrected chi connectivity index (χ4v) is 3.48. The first-order chi connectivity index (χ1) is 15.1. The largest absolute Gasteiger partial charge is 0.496 e. The summed E-state index contributed by atoms with van der Waals surface area (Å²) in [5.41, 5.74) is 2.90. The van der Waals surface area contributed by atoms with E-state index < -0.39 is 0 Å². The third kappa shape index (κ3) is 4.98. The third-order valence-electron chi connectivity index (χ3n) is 4.88. The van der Waals surface area contributed by atoms with E-state index in [0.717, 1.165) is 28.2 Å². The van der Waals surface area contributed by atoms with E-state index in [9.17, 15) is 4.79 Å². The first-order valence-electron chi connectivity index (χ1n) is 9.85. The molecule has 0 saturated carbocycles. The van der Waals surface area contributed by atoms with Crippen molar-refractivity contribution < 1.29 is 14.3 Å². The molecule has 0 atom stereocenters. The number of carbonyl (C=O) groups is 1. The lowest BCUT2D eigenvalue weighted by atomic mass is 10.2. The summed E-state index contributed by atoms with van der Waals surface area (Å²) in [6, 6.07) is 22.7. The Morgan fingerprint density at radius 3 is 2.58 bits per heavy atom. The summed E-state index contributed by atoms with van der Waals surface area (Å²) < 4.78 is 13.1. The molecule has 6 nitrogen and oxygen atoms in total. The van der Waals surface area contributed by atoms with Gasteiger partial charge in [0.15, 0.2) is 6.61 Å². The van der Waals surface area contributed by atoms with Crippen molar-refractivity contribution in [3.05, 3.63) is 89.2 Å². The maximum Gasteiger partial charge on any atom is 0.258 e. The lowest BCUT2D eigenvalue weighted by Gasteiger charge is -2.13. The van der Waals surface area contributed by atoms with Crippen LogP contribution in [0.3, 0.4) is 0 Å². The molecule has 0 aliphatic carbocycles. The van der Waals surface area contributed by atoms with Crippen LogP contribution in [0.4, 0.5) is 0 Å². The van der Waals surface area contributed by atoms with Gasteiger partial charge in [-0.15, -0.1) is 0 Å². The molecule has 0 aliphatic rings. The summed E-state index contributed by atoms with van der Waals surface area (Å²) in [6.45, 7) is 0.776. The number of carbonyl (C=O) groups excluding carboxylic acids is 1. The van der Waals surface area contributed by atoms with Crippen molar-refractivity contribution in [3.8, 4) is 11.5 Å². The van der Waals surface area contributed by atoms with Crippen molar-refractivity contribution in [1.29, 1.82) is 0 Å². The van der Waals surface area contributed by atoms with Crippen molar-refractivity contribution in [2.75, 3.05) is 13.7 Å². The molecule has 1 amide bonds. The van der Waals surface area contributed by atoms with E-state index in [-0.39, 0.29) is 19.1 Å². The molecule has 0 saturated heterocycles. The second-order valence-electron chi connectivity index (χ2n) is 6.93. The van der Waals surface area contributed by atoms with Crippen LogP contribution in [-0.4, -0.2) is 29.2 Å². The van der Waals surface area contributed by atoms with Gasteiger partial charge >= 0.3 is 0 Å². The molecule has 1 N–H and O–H groups in total. The lowest BCUT2D eigenvalue weighted by molar-refractivity contribution is -0.123. The minimum Gasteiger partial charge on any atom is -0.496 e. The third-order valence-corrected chi connectivity index (χ3v) is 5.13. The van der Waals surface area contributed by atoms with Crippen molar-refractivity contribution in [1.82, 2.24) is 14.9 Å². The van der Waals surface area contributed by atoms with Gasteiger partial charge in [0.1, 0.15) is 17.3 Å². The fourth-order valence-electron chi connectivity index (χ4n) is 3.35. The zero-order chi connectivity index (χ0) is 21.6. The molecule has 0 bridgehead atoms. The molecule has 7 heteroatoms. The molecule has 3 aromatic carbocycles. The van der Waals surface area contributed by atoms with Gasteiger partial charge in [-0.05, 0) is 42.5 Å². The zero-order valence-electron chi connectivity index (χ0n) is 17.0. The predicted molar refractivity (Wildman–Crippen MR) is 121 cm³/mol. The van der Waals surface area contributed by atoms with Crippen molar-refractivity contribution in [3.63, 3.8) is 0 Å². The average Bonchev–Trinajstić information content (AvgIpc) is 3.15. The summed E-state index contributed by atoms with van der Waals surface area (Å²) >= 11 is 5.87. The molecule has 4 aromatic rings. The molecule has 1 heterocycles. The molecule has 0 radical (unpaired) electrons. The number of benzene rings is 3. The highest BCUT2D eigenvalue weighted by molar-refractivity contribution is 6.30. The Hall–Kier alpha value is -3.51. The topological polar surface area (TPSA) is 65.4 Å². The Bertz CT molecular complexity index is 1190. The Morgan fingerprint density at radius 1 is 1.03 bits per heavy atom. The van der Waals surface area contributed by atoms with Gasteiger partial charge in [-0.25, -0.2) is 4.98 Å². The highest BCUT2D eigenvalue weighted by Gasteiger charge is 2.14. The minimum absolute atomic E-state index is 0.0889. The second kappa shape index (κ2) is 9.53. The average molecular weight is 436 g/mol. The van der Waals surface area contributed by atoms with E-state index >= 15 is 0 Å². The highest BCUT2D eigenvalue weighted by atomic mass is 35.5. The monoisotopic (exact) mass is 435 g/mol. The second-order valence-corrected chi connectivity index (χ2v) is 7.37. The Morgan fingerprint density at radius 2 is 1.77 bits per heavy atom. The number of rotatable bonds is 8. The molecular weight excluding hydrogens is 414 g/mol. The van der Waals surface area contributed by atoms with Crippen LogP contribution in [-0.2, 0) is 17.9 Å². The van der Waals surface area contributed by atoms with Gasteiger partial charge in [0.05, 0.1) is 31.2 Å². The van der Waals surface area contributed by atoms with Gasteiger partial charge in [-0.3, -0.25) is 4.79 Å². The summed E-state index contributed by atoms with van der Waals surface area (Å²) in [6.07, 6.45) is 0. The highest BCUT2D eigenvalue weighted by Crippen LogP contribution is 2.23. The van der Waals surface area contributed by atoms with Crippen LogP contribution in [0.25, 0.3) is 11.0 Å². The van der Waals surface area contributed by atoms with Crippen LogP contribution >= 0.6 is 11.6 Å². The standard InChI is InChI=1S/C24H22ClN3O3/c1-30-22-9-5-2-6-17(22)15-28-21-8-4-3-7-20(21)27-23(28)14-26-24(29)16-31-19-12-10-18(25)11-13-19/h2-13H,14-16H2,1H3,(H,26,29). The fraction of sp³-hybridized carbons (Fsp3) is 0.167. The van der Waals surface area contributed by atoms with Crippen LogP contribution < -0.4 is 14.8 Å². The minimum atomic E-state index is -0.231. The normalized spacial score (nSPS) is 10.8. The Labute approximate surface area is 185 Å². The lowest BCUT2D eigenvalue weighted by Crippen LogP contribution is -2.29. The van der Waals surface area contributed by atoms with E-state index in [4.69, 9.17) is 26.1 Å². The number of methoxy groups -OCH3 is 1. The Kier molecular flexibility index (Phi) is 6.38. The molecule has 1 aromatic heterocycles. The number of aromatic nitrogens is 2. The van der Waals surface area contributed by atoms with E-state index in [1.54, 1.807) is 31.4 Å². The van der Waals surface area contributed by atoms with Crippen LogP contribution in [0.5, 0.6) is 11.5 Å². The number of para-hydroxylation sites is 3.